The Kier molecular flexibility index (Phi) is 5.80. The summed E-state index contributed by atoms with van der Waals surface area (Å²) >= 11 is 7.29. The number of anilines is 1. The molecule has 1 aromatic heterocycles. The molecule has 0 atom stereocenters. The van der Waals surface area contributed by atoms with Crippen LogP contribution in [0, 0.1) is 6.92 Å². The maximum Gasteiger partial charge on any atom is 0.227 e. The minimum Gasteiger partial charge on any atom is -0.378 e. The van der Waals surface area contributed by atoms with E-state index < -0.39 is 5.91 Å². The topological polar surface area (TPSA) is 85.8 Å². The molecule has 26 heavy (non-hydrogen) atoms. The lowest BCUT2D eigenvalue weighted by Crippen LogP contribution is -2.14. The third kappa shape index (κ3) is 4.56. The molecule has 3 N–H and O–H groups in total. The zero-order valence-electron chi connectivity index (χ0n) is 14.1. The van der Waals surface area contributed by atoms with Gasteiger partial charge in [-0.05, 0) is 37.3 Å². The summed E-state index contributed by atoms with van der Waals surface area (Å²) in [6.45, 7) is 2.48. The van der Waals surface area contributed by atoms with Crippen molar-refractivity contribution in [3.63, 3.8) is 0 Å². The predicted molar refractivity (Wildman–Crippen MR) is 105 cm³/mol. The molecule has 3 rings (SSSR count). The molecule has 0 bridgehead atoms. The lowest BCUT2D eigenvalue weighted by atomic mass is 10.2. The van der Waals surface area contributed by atoms with Crippen molar-refractivity contribution < 1.29 is 4.79 Å². The highest BCUT2D eigenvalue weighted by molar-refractivity contribution is 7.99. The normalized spacial score (nSPS) is 10.7. The van der Waals surface area contributed by atoms with Crippen LogP contribution in [0.5, 0.6) is 0 Å². The Morgan fingerprint density at radius 3 is 2.69 bits per heavy atom. The molecule has 0 aliphatic heterocycles. The number of aryl methyl sites for hydroxylation is 1. The number of carbonyl (C=O) groups excluding carboxylic acids is 1. The van der Waals surface area contributed by atoms with E-state index in [4.69, 9.17) is 17.3 Å². The fourth-order valence-corrected chi connectivity index (χ4v) is 3.28. The van der Waals surface area contributed by atoms with Gasteiger partial charge in [0.15, 0.2) is 11.0 Å². The summed E-state index contributed by atoms with van der Waals surface area (Å²) < 4.78 is 1.92. The number of hydrogen-bond acceptors (Lipinski definition) is 5. The number of nitrogens with zero attached hydrogens (tertiary/aromatic N) is 3. The highest BCUT2D eigenvalue weighted by atomic mass is 35.5. The Hall–Kier alpha value is -2.51. The number of amides is 1. The fraction of sp³-hybridized carbons (Fsp3) is 0.167. The quantitative estimate of drug-likeness (QED) is 0.606. The van der Waals surface area contributed by atoms with Gasteiger partial charge in [0.2, 0.25) is 5.91 Å². The highest BCUT2D eigenvalue weighted by Gasteiger charge is 2.15. The first-order chi connectivity index (χ1) is 12.5. The van der Waals surface area contributed by atoms with Gasteiger partial charge >= 0.3 is 0 Å². The molecule has 0 radical (unpaired) electrons. The number of carbonyl (C=O) groups is 1. The molecular formula is C18H18ClN5OS. The number of primary amides is 1. The maximum absolute atomic E-state index is 11.1. The minimum atomic E-state index is -0.396. The van der Waals surface area contributed by atoms with Crippen molar-refractivity contribution in [2.45, 2.75) is 18.6 Å². The van der Waals surface area contributed by atoms with Gasteiger partial charge in [0.1, 0.15) is 0 Å². The first-order valence-electron chi connectivity index (χ1n) is 7.95. The third-order valence-electron chi connectivity index (χ3n) is 3.61. The fourth-order valence-electron chi connectivity index (χ4n) is 2.38. The maximum atomic E-state index is 11.1. The lowest BCUT2D eigenvalue weighted by Gasteiger charge is -2.11. The monoisotopic (exact) mass is 387 g/mol. The van der Waals surface area contributed by atoms with Crippen LogP contribution in [0.2, 0.25) is 5.02 Å². The van der Waals surface area contributed by atoms with E-state index in [1.807, 2.05) is 60.0 Å². The number of halogens is 1. The third-order valence-corrected chi connectivity index (χ3v) is 4.80. The number of benzene rings is 2. The van der Waals surface area contributed by atoms with Gasteiger partial charge in [-0.25, -0.2) is 0 Å². The van der Waals surface area contributed by atoms with Gasteiger partial charge < -0.3 is 11.1 Å². The van der Waals surface area contributed by atoms with Gasteiger partial charge in [0, 0.05) is 16.4 Å². The summed E-state index contributed by atoms with van der Waals surface area (Å²) in [7, 11) is 0. The van der Waals surface area contributed by atoms with E-state index in [0.717, 1.165) is 22.8 Å². The summed E-state index contributed by atoms with van der Waals surface area (Å²) in [5, 5.41) is 13.1. The van der Waals surface area contributed by atoms with Gasteiger partial charge in [-0.1, -0.05) is 47.1 Å². The van der Waals surface area contributed by atoms with Crippen LogP contribution in [-0.4, -0.2) is 26.4 Å². The van der Waals surface area contributed by atoms with Crippen molar-refractivity contribution in [3.8, 4) is 5.69 Å². The smallest absolute Gasteiger partial charge is 0.227 e. The second-order valence-electron chi connectivity index (χ2n) is 5.69. The number of aromatic nitrogens is 3. The van der Waals surface area contributed by atoms with E-state index in [1.165, 1.54) is 11.8 Å². The Balaban J connectivity index is 1.88. The summed E-state index contributed by atoms with van der Waals surface area (Å²) in [5.74, 6) is 0.471. The lowest BCUT2D eigenvalue weighted by molar-refractivity contribution is -0.115. The molecule has 1 amide bonds. The molecule has 8 heteroatoms. The van der Waals surface area contributed by atoms with Crippen molar-refractivity contribution in [2.24, 2.45) is 5.73 Å². The molecule has 0 spiro atoms. The van der Waals surface area contributed by atoms with Gasteiger partial charge in [0.25, 0.3) is 0 Å². The van der Waals surface area contributed by atoms with Crippen molar-refractivity contribution in [3.05, 3.63) is 64.9 Å². The molecule has 1 heterocycles. The average Bonchev–Trinajstić information content (AvgIpc) is 3.02. The highest BCUT2D eigenvalue weighted by Crippen LogP contribution is 2.23. The molecule has 0 saturated carbocycles. The number of rotatable bonds is 7. The van der Waals surface area contributed by atoms with Gasteiger partial charge in [-0.2, -0.15) is 0 Å². The Morgan fingerprint density at radius 1 is 1.23 bits per heavy atom. The predicted octanol–water partition coefficient (Wildman–Crippen LogP) is 3.42. The first kappa shape index (κ1) is 18.3. The van der Waals surface area contributed by atoms with Crippen LogP contribution in [0.15, 0.2) is 53.7 Å². The van der Waals surface area contributed by atoms with Crippen molar-refractivity contribution in [2.75, 3.05) is 11.1 Å². The van der Waals surface area contributed by atoms with E-state index in [1.54, 1.807) is 0 Å². The van der Waals surface area contributed by atoms with Crippen LogP contribution in [0.1, 0.15) is 11.4 Å². The van der Waals surface area contributed by atoms with E-state index in [0.29, 0.717) is 16.7 Å². The van der Waals surface area contributed by atoms with Crippen molar-refractivity contribution in [1.29, 1.82) is 0 Å². The molecule has 0 saturated heterocycles. The molecule has 0 fully saturated rings. The largest absolute Gasteiger partial charge is 0.378 e. The molecule has 6 nitrogen and oxygen atoms in total. The molecule has 134 valence electrons. The molecule has 2 aromatic carbocycles. The Bertz CT molecular complexity index is 910. The summed E-state index contributed by atoms with van der Waals surface area (Å²) in [4.78, 5) is 11.1. The molecule has 0 aliphatic carbocycles. The average molecular weight is 388 g/mol. The van der Waals surface area contributed by atoms with Gasteiger partial charge in [-0.3, -0.25) is 9.36 Å². The number of thioether (sulfide) groups is 1. The van der Waals surface area contributed by atoms with Crippen LogP contribution in [-0.2, 0) is 11.3 Å². The van der Waals surface area contributed by atoms with Crippen molar-refractivity contribution >= 4 is 35.0 Å². The number of nitrogens with one attached hydrogen (secondary N) is 1. The van der Waals surface area contributed by atoms with Crippen LogP contribution >= 0.6 is 23.4 Å². The van der Waals surface area contributed by atoms with Gasteiger partial charge in [0.05, 0.1) is 12.3 Å². The van der Waals surface area contributed by atoms with Crippen LogP contribution in [0.3, 0.4) is 0 Å². The summed E-state index contributed by atoms with van der Waals surface area (Å²) in [5.41, 5.74) is 8.24. The van der Waals surface area contributed by atoms with E-state index in [9.17, 15) is 4.79 Å². The zero-order valence-corrected chi connectivity index (χ0v) is 15.7. The molecule has 3 aromatic rings. The van der Waals surface area contributed by atoms with Crippen molar-refractivity contribution in [1.82, 2.24) is 14.8 Å². The molecule has 0 aliphatic rings. The first-order valence-corrected chi connectivity index (χ1v) is 9.31. The number of hydrogen-bond donors (Lipinski definition) is 2. The SMILES string of the molecule is Cc1ccc(-n2c(CNc3cccc(Cl)c3)nnc2SCC(N)=O)cc1. The second-order valence-corrected chi connectivity index (χ2v) is 7.07. The van der Waals surface area contributed by atoms with Gasteiger partial charge in [-0.15, -0.1) is 10.2 Å². The second kappa shape index (κ2) is 8.25. The summed E-state index contributed by atoms with van der Waals surface area (Å²) in [6, 6.07) is 15.5. The molecule has 0 unspecified atom stereocenters. The van der Waals surface area contributed by atoms with E-state index in [2.05, 4.69) is 15.5 Å². The van der Waals surface area contributed by atoms with E-state index >= 15 is 0 Å². The standard InChI is InChI=1S/C18H18ClN5OS/c1-12-5-7-15(8-6-12)24-17(22-23-18(24)26-11-16(20)25)10-21-14-4-2-3-13(19)9-14/h2-9,21H,10-11H2,1H3,(H2,20,25). The van der Waals surface area contributed by atoms with Crippen LogP contribution in [0.25, 0.3) is 5.69 Å². The van der Waals surface area contributed by atoms with Crippen LogP contribution < -0.4 is 11.1 Å². The summed E-state index contributed by atoms with van der Waals surface area (Å²) in [6.07, 6.45) is 0. The zero-order chi connectivity index (χ0) is 18.5. The Labute approximate surface area is 160 Å². The van der Waals surface area contributed by atoms with E-state index in [-0.39, 0.29) is 5.75 Å². The Morgan fingerprint density at radius 2 is 2.00 bits per heavy atom. The van der Waals surface area contributed by atoms with Crippen LogP contribution in [0.4, 0.5) is 5.69 Å². The molecular weight excluding hydrogens is 370 g/mol. The minimum absolute atomic E-state index is 0.145. The number of nitrogens with two attached hydrogens (primary N) is 1.